The predicted octanol–water partition coefficient (Wildman–Crippen LogP) is 12.8. The molecule has 0 radical (unpaired) electrons. The van der Waals surface area contributed by atoms with Gasteiger partial charge in [0.05, 0.1) is 44.1 Å². The molecule has 0 spiro atoms. The zero-order chi connectivity index (χ0) is 33.2. The zero-order valence-corrected chi connectivity index (χ0v) is 27.6. The molecule has 0 bridgehead atoms. The quantitative estimate of drug-likeness (QED) is 0.168. The summed E-state index contributed by atoms with van der Waals surface area (Å²) in [6.07, 6.45) is 0. The van der Waals surface area contributed by atoms with Gasteiger partial charge in [0.15, 0.2) is 0 Å². The first kappa shape index (κ1) is 27.0. The summed E-state index contributed by atoms with van der Waals surface area (Å²) in [6.45, 7) is 0. The molecule has 0 aliphatic rings. The van der Waals surface area contributed by atoms with Crippen molar-refractivity contribution in [3.8, 4) is 5.69 Å². The van der Waals surface area contributed by atoms with E-state index in [0.29, 0.717) is 0 Å². The van der Waals surface area contributed by atoms with Crippen molar-refractivity contribution in [2.24, 2.45) is 0 Å². The van der Waals surface area contributed by atoms with Gasteiger partial charge >= 0.3 is 0 Å². The molecule has 12 aromatic rings. The van der Waals surface area contributed by atoms with E-state index in [1.54, 1.807) is 0 Å². The van der Waals surface area contributed by atoms with Gasteiger partial charge in [0.2, 0.25) is 0 Å². The fourth-order valence-corrected chi connectivity index (χ4v) is 9.14. The van der Waals surface area contributed by atoms with Crippen molar-refractivity contribution in [1.82, 2.24) is 13.4 Å². The van der Waals surface area contributed by atoms with Crippen LogP contribution in [0.15, 0.2) is 176 Å². The van der Waals surface area contributed by atoms with Crippen LogP contribution >= 0.6 is 0 Å². The molecule has 51 heavy (non-hydrogen) atoms. The van der Waals surface area contributed by atoms with E-state index in [2.05, 4.69) is 189 Å². The topological polar surface area (TPSA) is 13.8 Å². The average molecular weight is 648 g/mol. The largest absolute Gasteiger partial charge is 0.309 e. The van der Waals surface area contributed by atoms with Crippen LogP contribution in [-0.4, -0.2) is 13.4 Å². The molecule has 4 aromatic heterocycles. The smallest absolute Gasteiger partial charge is 0.0620 e. The molecule has 0 amide bonds. The summed E-state index contributed by atoms with van der Waals surface area (Å²) < 4.78 is 7.45. The van der Waals surface area contributed by atoms with E-state index in [4.69, 9.17) is 0 Å². The molecule has 0 N–H and O–H groups in total. The van der Waals surface area contributed by atoms with Crippen molar-refractivity contribution >= 4 is 98.0 Å². The molecule has 0 aliphatic carbocycles. The highest BCUT2D eigenvalue weighted by molar-refractivity contribution is 6.24. The van der Waals surface area contributed by atoms with Crippen LogP contribution in [-0.2, 0) is 0 Å². The van der Waals surface area contributed by atoms with E-state index in [0.717, 1.165) is 5.69 Å². The Kier molecular flexibility index (Phi) is 5.23. The van der Waals surface area contributed by atoms with E-state index in [1.807, 2.05) is 0 Å². The second kappa shape index (κ2) is 9.87. The highest BCUT2D eigenvalue weighted by Gasteiger charge is 2.19. The molecule has 0 saturated carbocycles. The molecule has 12 rings (SSSR count). The summed E-state index contributed by atoms with van der Waals surface area (Å²) in [7, 11) is 0. The maximum Gasteiger partial charge on any atom is 0.0620 e. The number of fused-ring (bicyclic) bond motifs is 15. The normalized spacial score (nSPS) is 12.3. The minimum Gasteiger partial charge on any atom is -0.309 e. The van der Waals surface area contributed by atoms with Crippen molar-refractivity contribution < 1.29 is 0 Å². The van der Waals surface area contributed by atoms with Crippen LogP contribution in [0.2, 0.25) is 0 Å². The van der Waals surface area contributed by atoms with Crippen molar-refractivity contribution in [3.05, 3.63) is 176 Å². The minimum atomic E-state index is 1.16. The molecule has 236 valence electrons. The number of hydrogen-bond acceptors (Lipinski definition) is 0. The lowest BCUT2D eigenvalue weighted by Crippen LogP contribution is -1.94. The maximum atomic E-state index is 2.53. The maximum absolute atomic E-state index is 2.53. The lowest BCUT2D eigenvalue weighted by molar-refractivity contribution is 1.18. The molecule has 8 aromatic carbocycles. The second-order valence-electron chi connectivity index (χ2n) is 13.7. The SMILES string of the molecule is c1ccc2c(c1)c1ccccc1n2-c1ccc2c(c1)c1cccc3c4ccccc4n4c5ccccc5c5cccc(c6ccccc6n2c31)c54. The Labute approximate surface area is 292 Å². The summed E-state index contributed by atoms with van der Waals surface area (Å²) in [5.74, 6) is 0. The lowest BCUT2D eigenvalue weighted by Gasteiger charge is -2.10. The number of para-hydroxylation sites is 7. The third kappa shape index (κ3) is 3.47. The highest BCUT2D eigenvalue weighted by Crippen LogP contribution is 2.41. The fraction of sp³-hybridized carbons (Fsp3) is 0. The van der Waals surface area contributed by atoms with Crippen LogP contribution < -0.4 is 0 Å². The standard InChI is InChI=1S/C48H29N3/c1-6-22-41-31(13-1)32-14-2-7-23-42(32)49(41)30-27-28-46-40(29-30)39-21-12-20-38-35-17-4-9-25-44(35)50-43-24-8-3-15-33(43)36-18-11-19-37(47(36)50)34-16-5-10-26-45(34)51(46)48(38)39/h1-29H. The van der Waals surface area contributed by atoms with Crippen LogP contribution in [0.5, 0.6) is 0 Å². The highest BCUT2D eigenvalue weighted by atomic mass is 15.0. The molecule has 0 atom stereocenters. The Balaban J connectivity index is 1.36. The molecular weight excluding hydrogens is 619 g/mol. The molecule has 4 heterocycles. The van der Waals surface area contributed by atoms with Gasteiger partial charge in [0.1, 0.15) is 0 Å². The summed E-state index contributed by atoms with van der Waals surface area (Å²) in [5, 5.41) is 12.4. The molecule has 0 saturated heterocycles. The third-order valence-electron chi connectivity index (χ3n) is 11.2. The zero-order valence-electron chi connectivity index (χ0n) is 27.6. The molecule has 0 aliphatic heterocycles. The fourth-order valence-electron chi connectivity index (χ4n) is 9.14. The summed E-state index contributed by atoms with van der Waals surface area (Å²) in [6, 6.07) is 65.0. The Morgan fingerprint density at radius 1 is 0.235 bits per heavy atom. The van der Waals surface area contributed by atoms with E-state index < -0.39 is 0 Å². The number of nitrogens with zero attached hydrogens (tertiary/aromatic N) is 3. The predicted molar refractivity (Wildman–Crippen MR) is 217 cm³/mol. The van der Waals surface area contributed by atoms with E-state index in [-0.39, 0.29) is 0 Å². The van der Waals surface area contributed by atoms with Gasteiger partial charge in [-0.1, -0.05) is 127 Å². The van der Waals surface area contributed by atoms with Crippen LogP contribution in [0, 0.1) is 0 Å². The van der Waals surface area contributed by atoms with Crippen LogP contribution in [0.3, 0.4) is 0 Å². The summed E-state index contributed by atoms with van der Waals surface area (Å²) in [5.41, 5.74) is 10.8. The van der Waals surface area contributed by atoms with E-state index in [1.165, 1.54) is 98.0 Å². The molecule has 3 heteroatoms. The van der Waals surface area contributed by atoms with Gasteiger partial charge in [-0.25, -0.2) is 0 Å². The Hall–Kier alpha value is -6.84. The first-order valence-electron chi connectivity index (χ1n) is 17.6. The van der Waals surface area contributed by atoms with Crippen molar-refractivity contribution in [3.63, 3.8) is 0 Å². The Bertz CT molecular complexity index is 3420. The van der Waals surface area contributed by atoms with Crippen molar-refractivity contribution in [1.29, 1.82) is 0 Å². The van der Waals surface area contributed by atoms with Gasteiger partial charge in [0, 0.05) is 59.5 Å². The molecule has 3 nitrogen and oxygen atoms in total. The van der Waals surface area contributed by atoms with Gasteiger partial charge in [0.25, 0.3) is 0 Å². The Morgan fingerprint density at radius 3 is 0.980 bits per heavy atom. The number of rotatable bonds is 1. The molecule has 0 fully saturated rings. The van der Waals surface area contributed by atoms with E-state index >= 15 is 0 Å². The van der Waals surface area contributed by atoms with Crippen LogP contribution in [0.4, 0.5) is 0 Å². The van der Waals surface area contributed by atoms with Gasteiger partial charge < -0.3 is 13.4 Å². The average Bonchev–Trinajstić information content (AvgIpc) is 3.83. The monoisotopic (exact) mass is 647 g/mol. The molecular formula is C48H29N3. The first-order chi connectivity index (χ1) is 25.3. The lowest BCUT2D eigenvalue weighted by atomic mass is 10.1. The summed E-state index contributed by atoms with van der Waals surface area (Å²) >= 11 is 0. The number of aromatic nitrogens is 3. The Morgan fingerprint density at radius 2 is 0.549 bits per heavy atom. The van der Waals surface area contributed by atoms with Crippen molar-refractivity contribution in [2.75, 3.05) is 0 Å². The number of hydrogen-bond donors (Lipinski definition) is 0. The van der Waals surface area contributed by atoms with Gasteiger partial charge in [-0.3, -0.25) is 0 Å². The second-order valence-corrected chi connectivity index (χ2v) is 13.7. The van der Waals surface area contributed by atoms with E-state index in [9.17, 15) is 0 Å². The van der Waals surface area contributed by atoms with Crippen LogP contribution in [0.1, 0.15) is 0 Å². The van der Waals surface area contributed by atoms with Crippen molar-refractivity contribution in [2.45, 2.75) is 0 Å². The van der Waals surface area contributed by atoms with Gasteiger partial charge in [-0.05, 0) is 48.5 Å². The minimum absolute atomic E-state index is 1.16. The molecule has 0 unspecified atom stereocenters. The first-order valence-corrected chi connectivity index (χ1v) is 17.6. The summed E-state index contributed by atoms with van der Waals surface area (Å²) in [4.78, 5) is 0. The third-order valence-corrected chi connectivity index (χ3v) is 11.2. The van der Waals surface area contributed by atoms with Gasteiger partial charge in [-0.15, -0.1) is 0 Å². The number of benzene rings is 8. The van der Waals surface area contributed by atoms with Gasteiger partial charge in [-0.2, -0.15) is 0 Å². The van der Waals surface area contributed by atoms with Crippen LogP contribution in [0.25, 0.3) is 104 Å².